The number of hydrogen-bond acceptors (Lipinski definition) is 4. The van der Waals surface area contributed by atoms with Crippen LogP contribution in [0.15, 0.2) is 29.8 Å². The summed E-state index contributed by atoms with van der Waals surface area (Å²) in [6.07, 6.45) is 9.32. The van der Waals surface area contributed by atoms with Gasteiger partial charge < -0.3 is 15.4 Å². The van der Waals surface area contributed by atoms with Crippen LogP contribution in [0, 0.1) is 0 Å². The van der Waals surface area contributed by atoms with E-state index in [2.05, 4.69) is 23.6 Å². The van der Waals surface area contributed by atoms with Crippen molar-refractivity contribution >= 4 is 11.5 Å². The number of carbonyl (C=O) groups is 1. The highest BCUT2D eigenvalue weighted by Gasteiger charge is 2.20. The van der Waals surface area contributed by atoms with Crippen LogP contribution in [-0.4, -0.2) is 31.5 Å². The molecule has 4 heteroatoms. The maximum atomic E-state index is 12.8. The Bertz CT molecular complexity index is 610. The summed E-state index contributed by atoms with van der Waals surface area (Å²) in [6, 6.07) is 5.58. The van der Waals surface area contributed by atoms with Crippen LogP contribution in [0.2, 0.25) is 0 Å². The Balaban J connectivity index is 1.58. The zero-order chi connectivity index (χ0) is 16.8. The van der Waals surface area contributed by atoms with E-state index in [1.165, 1.54) is 25.7 Å². The highest BCUT2D eigenvalue weighted by Crippen LogP contribution is 2.28. The molecule has 0 saturated carbocycles. The summed E-state index contributed by atoms with van der Waals surface area (Å²) in [5, 5.41) is 6.75. The minimum absolute atomic E-state index is 0.114. The molecule has 2 N–H and O–H groups in total. The Kier molecular flexibility index (Phi) is 5.91. The van der Waals surface area contributed by atoms with Gasteiger partial charge in [-0.2, -0.15) is 0 Å². The summed E-state index contributed by atoms with van der Waals surface area (Å²) < 4.78 is 5.58. The molecule has 1 aliphatic carbocycles. The molecule has 130 valence electrons. The van der Waals surface area contributed by atoms with E-state index >= 15 is 0 Å². The summed E-state index contributed by atoms with van der Waals surface area (Å²) in [6.45, 7) is 4.40. The molecular weight excluding hydrogens is 300 g/mol. The lowest BCUT2D eigenvalue weighted by Crippen LogP contribution is -2.37. The van der Waals surface area contributed by atoms with Gasteiger partial charge in [-0.15, -0.1) is 0 Å². The van der Waals surface area contributed by atoms with E-state index in [1.54, 1.807) is 5.57 Å². The van der Waals surface area contributed by atoms with E-state index in [-0.39, 0.29) is 11.8 Å². The summed E-state index contributed by atoms with van der Waals surface area (Å²) in [7, 11) is 0. The smallest absolute Gasteiger partial charge is 0.179 e. The fourth-order valence-corrected chi connectivity index (χ4v) is 3.46. The van der Waals surface area contributed by atoms with Crippen LogP contribution < -0.4 is 15.4 Å². The number of anilines is 1. The lowest BCUT2D eigenvalue weighted by Gasteiger charge is -2.21. The summed E-state index contributed by atoms with van der Waals surface area (Å²) in [5.41, 5.74) is 3.23. The fraction of sp³-hybridized carbons (Fsp3) is 0.550. The maximum absolute atomic E-state index is 12.8. The lowest BCUT2D eigenvalue weighted by molar-refractivity contribution is 0.0941. The largest absolute Gasteiger partial charge is 0.490 e. The van der Waals surface area contributed by atoms with Crippen molar-refractivity contribution in [3.05, 3.63) is 35.4 Å². The van der Waals surface area contributed by atoms with Crippen LogP contribution in [0.1, 0.15) is 55.8 Å². The molecule has 1 heterocycles. The minimum atomic E-state index is -0.114. The standard InChI is InChI=1S/C20H28N2O2/c1-2-17(21-11-10-15-6-4-3-5-7-15)20(23)16-8-9-19-18(14-16)22-12-13-24-19/h6,8-9,14,17,21-22H,2-5,7,10-13H2,1H3. The minimum Gasteiger partial charge on any atom is -0.490 e. The van der Waals surface area contributed by atoms with Gasteiger partial charge in [-0.3, -0.25) is 4.79 Å². The van der Waals surface area contributed by atoms with E-state index in [0.717, 1.165) is 42.9 Å². The van der Waals surface area contributed by atoms with Gasteiger partial charge in [-0.1, -0.05) is 18.6 Å². The SMILES string of the molecule is CCC(NCCC1=CCCCC1)C(=O)c1ccc2c(c1)NCCO2. The van der Waals surface area contributed by atoms with E-state index < -0.39 is 0 Å². The zero-order valence-corrected chi connectivity index (χ0v) is 14.6. The molecule has 1 aromatic rings. The van der Waals surface area contributed by atoms with Crippen molar-refractivity contribution in [3.63, 3.8) is 0 Å². The lowest BCUT2D eigenvalue weighted by atomic mass is 9.96. The van der Waals surface area contributed by atoms with Crippen LogP contribution in [0.3, 0.4) is 0 Å². The van der Waals surface area contributed by atoms with E-state index in [1.807, 2.05) is 18.2 Å². The van der Waals surface area contributed by atoms with Gasteiger partial charge in [0.1, 0.15) is 12.4 Å². The number of nitrogens with one attached hydrogen (secondary N) is 2. The van der Waals surface area contributed by atoms with Gasteiger partial charge >= 0.3 is 0 Å². The molecule has 0 bridgehead atoms. The second-order valence-electron chi connectivity index (χ2n) is 6.62. The van der Waals surface area contributed by atoms with Crippen molar-refractivity contribution in [2.45, 2.75) is 51.5 Å². The number of carbonyl (C=O) groups excluding carboxylic acids is 1. The van der Waals surface area contributed by atoms with Crippen molar-refractivity contribution in [2.75, 3.05) is 25.0 Å². The Hall–Kier alpha value is -1.81. The van der Waals surface area contributed by atoms with Gasteiger partial charge in [0.05, 0.1) is 11.7 Å². The monoisotopic (exact) mass is 328 g/mol. The van der Waals surface area contributed by atoms with Crippen molar-refractivity contribution in [2.24, 2.45) is 0 Å². The third-order valence-electron chi connectivity index (χ3n) is 4.89. The molecule has 0 aromatic heterocycles. The molecule has 0 spiro atoms. The first-order valence-corrected chi connectivity index (χ1v) is 9.24. The van der Waals surface area contributed by atoms with Crippen molar-refractivity contribution in [1.29, 1.82) is 0 Å². The highest BCUT2D eigenvalue weighted by molar-refractivity contribution is 6.01. The Morgan fingerprint density at radius 2 is 2.29 bits per heavy atom. The van der Waals surface area contributed by atoms with Crippen LogP contribution in [-0.2, 0) is 0 Å². The number of Topliss-reactive ketones (excluding diaryl/α,β-unsaturated/α-hetero) is 1. The van der Waals surface area contributed by atoms with E-state index in [4.69, 9.17) is 4.74 Å². The van der Waals surface area contributed by atoms with E-state index in [9.17, 15) is 4.79 Å². The Morgan fingerprint density at radius 3 is 3.08 bits per heavy atom. The third kappa shape index (κ3) is 4.18. The predicted molar refractivity (Wildman–Crippen MR) is 98.0 cm³/mol. The number of hydrogen-bond donors (Lipinski definition) is 2. The van der Waals surface area contributed by atoms with Gasteiger partial charge in [0.25, 0.3) is 0 Å². The average molecular weight is 328 g/mol. The van der Waals surface area contributed by atoms with Gasteiger partial charge in [-0.25, -0.2) is 0 Å². The third-order valence-corrected chi connectivity index (χ3v) is 4.89. The number of benzene rings is 1. The van der Waals surface area contributed by atoms with Crippen molar-refractivity contribution in [3.8, 4) is 5.75 Å². The molecule has 1 aromatic carbocycles. The van der Waals surface area contributed by atoms with Crippen LogP contribution in [0.25, 0.3) is 0 Å². The van der Waals surface area contributed by atoms with Crippen molar-refractivity contribution in [1.82, 2.24) is 5.32 Å². The first kappa shape index (κ1) is 17.0. The maximum Gasteiger partial charge on any atom is 0.179 e. The molecule has 0 radical (unpaired) electrons. The number of ether oxygens (including phenoxy) is 1. The molecule has 24 heavy (non-hydrogen) atoms. The van der Waals surface area contributed by atoms with Crippen LogP contribution >= 0.6 is 0 Å². The quantitative estimate of drug-likeness (QED) is 0.588. The van der Waals surface area contributed by atoms with Crippen molar-refractivity contribution < 1.29 is 9.53 Å². The fourth-order valence-electron chi connectivity index (χ4n) is 3.46. The second-order valence-corrected chi connectivity index (χ2v) is 6.62. The molecular formula is C20H28N2O2. The molecule has 0 amide bonds. The zero-order valence-electron chi connectivity index (χ0n) is 14.6. The number of rotatable bonds is 7. The molecule has 1 atom stereocenters. The molecule has 1 aliphatic heterocycles. The number of allylic oxidation sites excluding steroid dienone is 1. The average Bonchev–Trinajstić information content (AvgIpc) is 2.65. The normalized spacial score (nSPS) is 18.0. The molecule has 0 fully saturated rings. The van der Waals surface area contributed by atoms with Gasteiger partial charge in [0.15, 0.2) is 5.78 Å². The first-order chi connectivity index (χ1) is 11.8. The highest BCUT2D eigenvalue weighted by atomic mass is 16.5. The predicted octanol–water partition coefficient (Wildman–Crippen LogP) is 3.93. The molecule has 3 rings (SSSR count). The number of fused-ring (bicyclic) bond motifs is 1. The van der Waals surface area contributed by atoms with Crippen LogP contribution in [0.4, 0.5) is 5.69 Å². The second kappa shape index (κ2) is 8.34. The van der Waals surface area contributed by atoms with Gasteiger partial charge in [0, 0.05) is 12.1 Å². The molecule has 0 saturated heterocycles. The first-order valence-electron chi connectivity index (χ1n) is 9.24. The Morgan fingerprint density at radius 1 is 1.38 bits per heavy atom. The number of ketones is 1. The Labute approximate surface area is 144 Å². The topological polar surface area (TPSA) is 50.4 Å². The summed E-state index contributed by atoms with van der Waals surface area (Å²) in [4.78, 5) is 12.8. The van der Waals surface area contributed by atoms with Gasteiger partial charge in [-0.05, 0) is 63.3 Å². The molecule has 4 nitrogen and oxygen atoms in total. The molecule has 1 unspecified atom stereocenters. The molecule has 2 aliphatic rings. The van der Waals surface area contributed by atoms with E-state index in [0.29, 0.717) is 6.61 Å². The summed E-state index contributed by atoms with van der Waals surface area (Å²) in [5.74, 6) is 1.01. The summed E-state index contributed by atoms with van der Waals surface area (Å²) >= 11 is 0. The van der Waals surface area contributed by atoms with Gasteiger partial charge in [0.2, 0.25) is 0 Å². The van der Waals surface area contributed by atoms with Crippen LogP contribution in [0.5, 0.6) is 5.75 Å².